The van der Waals surface area contributed by atoms with Crippen LogP contribution in [0.25, 0.3) is 0 Å². The van der Waals surface area contributed by atoms with Crippen LogP contribution in [0.4, 0.5) is 0 Å². The van der Waals surface area contributed by atoms with Gasteiger partial charge in [0.1, 0.15) is 5.75 Å². The van der Waals surface area contributed by atoms with Gasteiger partial charge in [0.2, 0.25) is 0 Å². The number of rotatable bonds is 3. The first-order valence-electron chi connectivity index (χ1n) is 6.04. The van der Waals surface area contributed by atoms with Gasteiger partial charge < -0.3 is 4.18 Å². The summed E-state index contributed by atoms with van der Waals surface area (Å²) in [5.41, 5.74) is 1.30. The van der Waals surface area contributed by atoms with Crippen molar-refractivity contribution in [2.24, 2.45) is 0 Å². The maximum atomic E-state index is 11.0. The van der Waals surface area contributed by atoms with E-state index in [1.165, 1.54) is 37.7 Å². The van der Waals surface area contributed by atoms with Crippen LogP contribution in [0.5, 0.6) is 5.75 Å². The highest BCUT2D eigenvalue weighted by Gasteiger charge is 2.15. The van der Waals surface area contributed by atoms with Gasteiger partial charge in [0, 0.05) is 0 Å². The predicted octanol–water partition coefficient (Wildman–Crippen LogP) is 3.07. The second-order valence-corrected chi connectivity index (χ2v) is 6.27. The summed E-state index contributed by atoms with van der Waals surface area (Å²) in [5, 5.41) is 0. The minimum atomic E-state index is -3.41. The van der Waals surface area contributed by atoms with Crippen LogP contribution in [0.1, 0.15) is 43.6 Å². The van der Waals surface area contributed by atoms with Crippen molar-refractivity contribution in [2.75, 3.05) is 6.26 Å². The zero-order valence-corrected chi connectivity index (χ0v) is 10.9. The van der Waals surface area contributed by atoms with Crippen LogP contribution in [-0.4, -0.2) is 14.7 Å². The Hall–Kier alpha value is -1.03. The highest BCUT2D eigenvalue weighted by atomic mass is 32.2. The van der Waals surface area contributed by atoms with Crippen molar-refractivity contribution in [3.8, 4) is 5.75 Å². The standard InChI is InChI=1S/C13H18O3S/c1-17(14,15)16-13-9-7-12(8-10-13)11-5-3-2-4-6-11/h7-11H,2-6H2,1H3. The van der Waals surface area contributed by atoms with Gasteiger partial charge in [-0.2, -0.15) is 8.42 Å². The summed E-state index contributed by atoms with van der Waals surface area (Å²) in [5.74, 6) is 1.03. The van der Waals surface area contributed by atoms with Crippen molar-refractivity contribution in [2.45, 2.75) is 38.0 Å². The maximum Gasteiger partial charge on any atom is 0.306 e. The summed E-state index contributed by atoms with van der Waals surface area (Å²) in [6.07, 6.45) is 7.48. The van der Waals surface area contributed by atoms with Crippen LogP contribution in [-0.2, 0) is 10.1 Å². The summed E-state index contributed by atoms with van der Waals surface area (Å²) >= 11 is 0. The van der Waals surface area contributed by atoms with Gasteiger partial charge in [-0.15, -0.1) is 0 Å². The topological polar surface area (TPSA) is 43.4 Å². The minimum absolute atomic E-state index is 0.395. The molecule has 94 valence electrons. The molecular formula is C13H18O3S. The fraction of sp³-hybridized carbons (Fsp3) is 0.538. The first-order valence-corrected chi connectivity index (χ1v) is 7.86. The van der Waals surface area contributed by atoms with Gasteiger partial charge in [0.05, 0.1) is 6.26 Å². The second-order valence-electron chi connectivity index (χ2n) is 4.69. The maximum absolute atomic E-state index is 11.0. The van der Waals surface area contributed by atoms with Crippen molar-refractivity contribution >= 4 is 10.1 Å². The van der Waals surface area contributed by atoms with E-state index in [2.05, 4.69) is 0 Å². The average molecular weight is 254 g/mol. The van der Waals surface area contributed by atoms with Crippen molar-refractivity contribution in [1.29, 1.82) is 0 Å². The zero-order chi connectivity index (χ0) is 12.3. The second kappa shape index (κ2) is 5.08. The molecule has 0 spiro atoms. The third-order valence-electron chi connectivity index (χ3n) is 3.20. The Balaban J connectivity index is 2.07. The monoisotopic (exact) mass is 254 g/mol. The molecule has 1 aromatic carbocycles. The number of hydrogen-bond donors (Lipinski definition) is 0. The molecule has 0 bridgehead atoms. The van der Waals surface area contributed by atoms with E-state index in [4.69, 9.17) is 4.18 Å². The fourth-order valence-corrected chi connectivity index (χ4v) is 2.87. The van der Waals surface area contributed by atoms with Gasteiger partial charge in [-0.05, 0) is 36.5 Å². The van der Waals surface area contributed by atoms with E-state index in [0.717, 1.165) is 6.26 Å². The molecule has 17 heavy (non-hydrogen) atoms. The lowest BCUT2D eigenvalue weighted by Gasteiger charge is -2.21. The molecule has 4 heteroatoms. The molecule has 0 radical (unpaired) electrons. The van der Waals surface area contributed by atoms with Gasteiger partial charge in [0.25, 0.3) is 0 Å². The van der Waals surface area contributed by atoms with Gasteiger partial charge in [0.15, 0.2) is 0 Å². The summed E-state index contributed by atoms with van der Waals surface area (Å²) < 4.78 is 26.7. The van der Waals surface area contributed by atoms with Crippen LogP contribution in [0.2, 0.25) is 0 Å². The van der Waals surface area contributed by atoms with Crippen LogP contribution in [0.15, 0.2) is 24.3 Å². The molecule has 0 amide bonds. The molecule has 1 aliphatic rings. The Kier molecular flexibility index (Phi) is 3.72. The first kappa shape index (κ1) is 12.4. The third-order valence-corrected chi connectivity index (χ3v) is 3.70. The first-order chi connectivity index (χ1) is 8.04. The Labute approximate surface area is 103 Å². The molecule has 0 aliphatic heterocycles. The van der Waals surface area contributed by atoms with E-state index in [-0.39, 0.29) is 0 Å². The highest BCUT2D eigenvalue weighted by Crippen LogP contribution is 2.33. The molecule has 2 rings (SSSR count). The lowest BCUT2D eigenvalue weighted by atomic mass is 9.84. The number of benzene rings is 1. The Bertz CT molecular complexity index is 456. The third kappa shape index (κ3) is 3.73. The summed E-state index contributed by atoms with van der Waals surface area (Å²) in [4.78, 5) is 0. The van der Waals surface area contributed by atoms with Gasteiger partial charge in [-0.25, -0.2) is 0 Å². The Morgan fingerprint density at radius 2 is 1.65 bits per heavy atom. The van der Waals surface area contributed by atoms with Crippen molar-refractivity contribution in [1.82, 2.24) is 0 Å². The van der Waals surface area contributed by atoms with E-state index in [1.54, 1.807) is 12.1 Å². The van der Waals surface area contributed by atoms with Gasteiger partial charge in [-0.1, -0.05) is 31.4 Å². The van der Waals surface area contributed by atoms with Crippen LogP contribution in [0, 0.1) is 0 Å². The molecule has 1 aliphatic carbocycles. The molecule has 0 atom stereocenters. The SMILES string of the molecule is CS(=O)(=O)Oc1ccc(C2CCCCC2)cc1. The highest BCUT2D eigenvalue weighted by molar-refractivity contribution is 7.86. The van der Waals surface area contributed by atoms with E-state index in [0.29, 0.717) is 11.7 Å². The minimum Gasteiger partial charge on any atom is -0.383 e. The smallest absolute Gasteiger partial charge is 0.306 e. The Morgan fingerprint density at radius 3 is 2.18 bits per heavy atom. The quantitative estimate of drug-likeness (QED) is 0.779. The normalized spacial score (nSPS) is 17.9. The fourth-order valence-electron chi connectivity index (χ4n) is 2.41. The number of hydrogen-bond acceptors (Lipinski definition) is 3. The molecule has 0 unspecified atom stereocenters. The zero-order valence-electron chi connectivity index (χ0n) is 10.1. The molecule has 3 nitrogen and oxygen atoms in total. The summed E-state index contributed by atoms with van der Waals surface area (Å²) in [6.45, 7) is 0. The van der Waals surface area contributed by atoms with Crippen LogP contribution in [0.3, 0.4) is 0 Å². The molecule has 1 aromatic rings. The largest absolute Gasteiger partial charge is 0.383 e. The molecule has 0 saturated heterocycles. The summed E-state index contributed by atoms with van der Waals surface area (Å²) in [7, 11) is -3.41. The van der Waals surface area contributed by atoms with E-state index in [1.807, 2.05) is 12.1 Å². The van der Waals surface area contributed by atoms with Crippen LogP contribution < -0.4 is 4.18 Å². The molecule has 0 N–H and O–H groups in total. The van der Waals surface area contributed by atoms with E-state index < -0.39 is 10.1 Å². The average Bonchev–Trinajstić information content (AvgIpc) is 2.29. The van der Waals surface area contributed by atoms with Crippen molar-refractivity contribution in [3.05, 3.63) is 29.8 Å². The summed E-state index contributed by atoms with van der Waals surface area (Å²) in [6, 6.07) is 7.45. The lowest BCUT2D eigenvalue weighted by molar-refractivity contribution is 0.443. The molecular weight excluding hydrogens is 236 g/mol. The van der Waals surface area contributed by atoms with Crippen LogP contribution >= 0.6 is 0 Å². The molecule has 1 fully saturated rings. The van der Waals surface area contributed by atoms with Gasteiger partial charge in [-0.3, -0.25) is 0 Å². The Morgan fingerprint density at radius 1 is 1.06 bits per heavy atom. The molecule has 0 aromatic heterocycles. The molecule has 0 heterocycles. The van der Waals surface area contributed by atoms with Crippen molar-refractivity contribution in [3.63, 3.8) is 0 Å². The van der Waals surface area contributed by atoms with Crippen molar-refractivity contribution < 1.29 is 12.6 Å². The van der Waals surface area contributed by atoms with Gasteiger partial charge >= 0.3 is 10.1 Å². The molecule has 1 saturated carbocycles. The predicted molar refractivity (Wildman–Crippen MR) is 67.7 cm³/mol. The van der Waals surface area contributed by atoms with E-state index >= 15 is 0 Å². The lowest BCUT2D eigenvalue weighted by Crippen LogP contribution is -2.07. The van der Waals surface area contributed by atoms with E-state index in [9.17, 15) is 8.42 Å².